The minimum atomic E-state index is -0.418. The standard InChI is InChI=1S/C17H17N3O3S/c1-4-23-16(22)14-10(2)18-17(24-14)19-15(21)12-6-5-7-13-11(12)8-9-20(13)3/h5-9H,4H2,1-3H3,(H,18,19,21). The lowest BCUT2D eigenvalue weighted by Crippen LogP contribution is -2.12. The Labute approximate surface area is 143 Å². The van der Waals surface area contributed by atoms with E-state index in [-0.39, 0.29) is 5.91 Å². The average molecular weight is 343 g/mol. The Morgan fingerprint density at radius 3 is 2.88 bits per heavy atom. The third kappa shape index (κ3) is 2.90. The van der Waals surface area contributed by atoms with Crippen molar-refractivity contribution < 1.29 is 14.3 Å². The van der Waals surface area contributed by atoms with Crippen molar-refractivity contribution in [1.82, 2.24) is 9.55 Å². The summed E-state index contributed by atoms with van der Waals surface area (Å²) >= 11 is 1.12. The molecule has 0 bridgehead atoms. The number of esters is 1. The molecular weight excluding hydrogens is 326 g/mol. The fraction of sp³-hybridized carbons (Fsp3) is 0.235. The van der Waals surface area contributed by atoms with Crippen molar-refractivity contribution in [2.24, 2.45) is 7.05 Å². The van der Waals surface area contributed by atoms with Crippen LogP contribution in [0.1, 0.15) is 32.6 Å². The number of hydrogen-bond acceptors (Lipinski definition) is 5. The summed E-state index contributed by atoms with van der Waals surface area (Å²) in [6.07, 6.45) is 1.91. The molecule has 0 saturated heterocycles. The highest BCUT2D eigenvalue weighted by atomic mass is 32.1. The zero-order chi connectivity index (χ0) is 17.3. The SMILES string of the molecule is CCOC(=O)c1sc(NC(=O)c2cccc3c2ccn3C)nc1C. The highest BCUT2D eigenvalue weighted by Crippen LogP contribution is 2.25. The molecule has 3 aromatic rings. The highest BCUT2D eigenvalue weighted by Gasteiger charge is 2.19. The molecule has 6 nitrogen and oxygen atoms in total. The molecule has 0 radical (unpaired) electrons. The predicted molar refractivity (Wildman–Crippen MR) is 93.7 cm³/mol. The second-order valence-corrected chi connectivity index (χ2v) is 6.27. The Morgan fingerprint density at radius 1 is 1.33 bits per heavy atom. The number of ether oxygens (including phenoxy) is 1. The topological polar surface area (TPSA) is 73.2 Å². The fourth-order valence-corrected chi connectivity index (χ4v) is 3.36. The molecule has 3 rings (SSSR count). The molecule has 2 heterocycles. The lowest BCUT2D eigenvalue weighted by molar-refractivity contribution is 0.0531. The van der Waals surface area contributed by atoms with Crippen LogP contribution in [0.2, 0.25) is 0 Å². The largest absolute Gasteiger partial charge is 0.462 e. The molecule has 1 aromatic carbocycles. The van der Waals surface area contributed by atoms with Crippen molar-refractivity contribution in [2.45, 2.75) is 13.8 Å². The first-order valence-corrected chi connectivity index (χ1v) is 8.33. The number of aryl methyl sites for hydroxylation is 2. The number of benzene rings is 1. The second-order valence-electron chi connectivity index (χ2n) is 5.27. The van der Waals surface area contributed by atoms with Gasteiger partial charge < -0.3 is 9.30 Å². The van der Waals surface area contributed by atoms with E-state index in [0.29, 0.717) is 27.9 Å². The maximum absolute atomic E-state index is 12.6. The summed E-state index contributed by atoms with van der Waals surface area (Å²) in [6.45, 7) is 3.77. The van der Waals surface area contributed by atoms with Gasteiger partial charge in [0.15, 0.2) is 5.13 Å². The van der Waals surface area contributed by atoms with Crippen LogP contribution in [-0.4, -0.2) is 28.0 Å². The summed E-state index contributed by atoms with van der Waals surface area (Å²) in [7, 11) is 1.93. The van der Waals surface area contributed by atoms with Crippen LogP contribution in [0, 0.1) is 6.92 Å². The van der Waals surface area contributed by atoms with Gasteiger partial charge in [-0.25, -0.2) is 9.78 Å². The maximum atomic E-state index is 12.6. The van der Waals surface area contributed by atoms with Gasteiger partial charge in [-0.2, -0.15) is 0 Å². The summed E-state index contributed by atoms with van der Waals surface area (Å²) < 4.78 is 6.94. The van der Waals surface area contributed by atoms with Gasteiger partial charge in [0, 0.05) is 29.7 Å². The maximum Gasteiger partial charge on any atom is 0.350 e. The van der Waals surface area contributed by atoms with E-state index >= 15 is 0 Å². The molecule has 0 spiro atoms. The van der Waals surface area contributed by atoms with E-state index in [2.05, 4.69) is 10.3 Å². The Hall–Kier alpha value is -2.67. The Bertz CT molecular complexity index is 926. The van der Waals surface area contributed by atoms with Crippen LogP contribution < -0.4 is 5.32 Å². The van der Waals surface area contributed by atoms with Crippen molar-refractivity contribution in [3.05, 3.63) is 46.6 Å². The first kappa shape index (κ1) is 16.2. The van der Waals surface area contributed by atoms with Crippen LogP contribution in [0.5, 0.6) is 0 Å². The molecule has 0 aliphatic rings. The monoisotopic (exact) mass is 343 g/mol. The fourth-order valence-electron chi connectivity index (χ4n) is 2.50. The molecule has 7 heteroatoms. The third-order valence-corrected chi connectivity index (χ3v) is 4.70. The summed E-state index contributed by atoms with van der Waals surface area (Å²) in [6, 6.07) is 7.47. The van der Waals surface area contributed by atoms with Crippen LogP contribution in [0.3, 0.4) is 0 Å². The smallest absolute Gasteiger partial charge is 0.350 e. The Kier molecular flexibility index (Phi) is 4.35. The van der Waals surface area contributed by atoms with E-state index in [0.717, 1.165) is 22.2 Å². The number of nitrogens with zero attached hydrogens (tertiary/aromatic N) is 2. The van der Waals surface area contributed by atoms with Crippen LogP contribution in [0.4, 0.5) is 5.13 Å². The van der Waals surface area contributed by atoms with Gasteiger partial charge in [0.05, 0.1) is 12.3 Å². The second kappa shape index (κ2) is 6.45. The third-order valence-electron chi connectivity index (χ3n) is 3.65. The summed E-state index contributed by atoms with van der Waals surface area (Å²) in [5, 5.41) is 4.02. The van der Waals surface area contributed by atoms with Gasteiger partial charge in [-0.05, 0) is 32.0 Å². The summed E-state index contributed by atoms with van der Waals surface area (Å²) in [4.78, 5) is 29.1. The molecule has 24 heavy (non-hydrogen) atoms. The number of hydrogen-bond donors (Lipinski definition) is 1. The first-order valence-electron chi connectivity index (χ1n) is 7.51. The molecule has 0 saturated carbocycles. The van der Waals surface area contributed by atoms with Crippen LogP contribution in [0.25, 0.3) is 10.9 Å². The summed E-state index contributed by atoms with van der Waals surface area (Å²) in [5.74, 6) is -0.672. The van der Waals surface area contributed by atoms with Gasteiger partial charge in [-0.1, -0.05) is 17.4 Å². The minimum absolute atomic E-state index is 0.254. The molecule has 1 amide bonds. The molecule has 0 atom stereocenters. The molecular formula is C17H17N3O3S. The van der Waals surface area contributed by atoms with E-state index in [1.54, 1.807) is 19.9 Å². The van der Waals surface area contributed by atoms with Crippen LogP contribution >= 0.6 is 11.3 Å². The number of rotatable bonds is 4. The molecule has 124 valence electrons. The number of nitrogens with one attached hydrogen (secondary N) is 1. The van der Waals surface area contributed by atoms with Crippen molar-refractivity contribution in [2.75, 3.05) is 11.9 Å². The number of aromatic nitrogens is 2. The Balaban J connectivity index is 1.87. The van der Waals surface area contributed by atoms with Gasteiger partial charge in [0.1, 0.15) is 4.88 Å². The zero-order valence-electron chi connectivity index (χ0n) is 13.6. The minimum Gasteiger partial charge on any atom is -0.462 e. The normalized spacial score (nSPS) is 10.8. The van der Waals surface area contributed by atoms with E-state index in [4.69, 9.17) is 4.74 Å². The molecule has 0 aliphatic heterocycles. The molecule has 2 aromatic heterocycles. The van der Waals surface area contributed by atoms with Gasteiger partial charge >= 0.3 is 5.97 Å². The molecule has 0 aliphatic carbocycles. The van der Waals surface area contributed by atoms with Gasteiger partial charge in [0.25, 0.3) is 5.91 Å². The molecule has 0 unspecified atom stereocenters. The average Bonchev–Trinajstić information content (AvgIpc) is 3.11. The van der Waals surface area contributed by atoms with Crippen LogP contribution in [0.15, 0.2) is 30.5 Å². The Morgan fingerprint density at radius 2 is 2.12 bits per heavy atom. The number of anilines is 1. The van der Waals surface area contributed by atoms with Crippen molar-refractivity contribution in [3.8, 4) is 0 Å². The quantitative estimate of drug-likeness (QED) is 0.737. The number of thiazole rings is 1. The van der Waals surface area contributed by atoms with E-state index in [9.17, 15) is 9.59 Å². The predicted octanol–water partition coefficient (Wildman–Crippen LogP) is 3.37. The molecule has 0 fully saturated rings. The number of carbonyl (C=O) groups excluding carboxylic acids is 2. The van der Waals surface area contributed by atoms with Crippen molar-refractivity contribution in [3.63, 3.8) is 0 Å². The van der Waals surface area contributed by atoms with Gasteiger partial charge in [-0.3, -0.25) is 10.1 Å². The number of amides is 1. The van der Waals surface area contributed by atoms with Gasteiger partial charge in [0.2, 0.25) is 0 Å². The molecule has 1 N–H and O–H groups in total. The number of fused-ring (bicyclic) bond motifs is 1. The lowest BCUT2D eigenvalue weighted by Gasteiger charge is -2.04. The van der Waals surface area contributed by atoms with E-state index < -0.39 is 5.97 Å². The zero-order valence-corrected chi connectivity index (χ0v) is 14.4. The van der Waals surface area contributed by atoms with Crippen molar-refractivity contribution >= 4 is 39.2 Å². The van der Waals surface area contributed by atoms with Crippen LogP contribution in [-0.2, 0) is 11.8 Å². The van der Waals surface area contributed by atoms with Gasteiger partial charge in [-0.15, -0.1) is 0 Å². The van der Waals surface area contributed by atoms with Crippen molar-refractivity contribution in [1.29, 1.82) is 0 Å². The first-order chi connectivity index (χ1) is 11.5. The number of carbonyl (C=O) groups is 2. The highest BCUT2D eigenvalue weighted by molar-refractivity contribution is 7.17. The summed E-state index contributed by atoms with van der Waals surface area (Å²) in [5.41, 5.74) is 2.09. The van der Waals surface area contributed by atoms with E-state index in [1.807, 2.05) is 36.0 Å². The lowest BCUT2D eigenvalue weighted by atomic mass is 10.1. The van der Waals surface area contributed by atoms with E-state index in [1.165, 1.54) is 0 Å².